The van der Waals surface area contributed by atoms with Crippen molar-refractivity contribution in [2.75, 3.05) is 57.5 Å². The van der Waals surface area contributed by atoms with Gasteiger partial charge in [0, 0.05) is 31.3 Å². The molecule has 1 saturated heterocycles. The minimum atomic E-state index is 0.683. The molecule has 6 nitrogen and oxygen atoms in total. The van der Waals surface area contributed by atoms with Gasteiger partial charge in [0.2, 0.25) is 5.95 Å². The number of anilines is 2. The van der Waals surface area contributed by atoms with Crippen molar-refractivity contribution in [3.63, 3.8) is 0 Å². The van der Waals surface area contributed by atoms with Gasteiger partial charge in [0.1, 0.15) is 5.82 Å². The molecule has 0 bridgehead atoms. The lowest BCUT2D eigenvalue weighted by atomic mass is 9.95. The molecule has 1 aromatic carbocycles. The maximum atomic E-state index is 4.71. The van der Waals surface area contributed by atoms with Crippen molar-refractivity contribution in [2.24, 2.45) is 5.92 Å². The van der Waals surface area contributed by atoms with Crippen LogP contribution in [0.3, 0.4) is 0 Å². The normalized spacial score (nSPS) is 15.1. The predicted octanol–water partition coefficient (Wildman–Crippen LogP) is 2.92. The number of aromatic nitrogens is 2. The van der Waals surface area contributed by atoms with Gasteiger partial charge >= 0.3 is 0 Å². The van der Waals surface area contributed by atoms with Crippen LogP contribution in [0.2, 0.25) is 0 Å². The molecule has 0 amide bonds. The molecule has 0 atom stereocenters. The first-order valence-corrected chi connectivity index (χ1v) is 9.98. The zero-order chi connectivity index (χ0) is 18.9. The number of piperidine rings is 1. The molecule has 1 aromatic heterocycles. The van der Waals surface area contributed by atoms with Gasteiger partial charge in [0.25, 0.3) is 0 Å². The van der Waals surface area contributed by atoms with E-state index in [2.05, 4.69) is 58.1 Å². The van der Waals surface area contributed by atoms with Crippen LogP contribution >= 0.6 is 0 Å². The molecule has 0 radical (unpaired) electrons. The summed E-state index contributed by atoms with van der Waals surface area (Å²) in [6.07, 6.45) is 3.74. The summed E-state index contributed by atoms with van der Waals surface area (Å²) in [5.74, 6) is 2.39. The van der Waals surface area contributed by atoms with Gasteiger partial charge in [-0.25, -0.2) is 4.98 Å². The molecule has 0 unspecified atom stereocenters. The van der Waals surface area contributed by atoms with Crippen LogP contribution in [0.4, 0.5) is 11.8 Å². The first-order valence-electron chi connectivity index (χ1n) is 9.98. The quantitative estimate of drug-likeness (QED) is 0.632. The lowest BCUT2D eigenvalue weighted by Gasteiger charge is -2.22. The summed E-state index contributed by atoms with van der Waals surface area (Å²) in [4.78, 5) is 11.5. The first-order chi connectivity index (χ1) is 13.2. The van der Waals surface area contributed by atoms with Crippen molar-refractivity contribution in [3.05, 3.63) is 36.4 Å². The average Bonchev–Trinajstić information content (AvgIpc) is 2.69. The molecular weight excluding hydrogens is 336 g/mol. The average molecular weight is 369 g/mol. The van der Waals surface area contributed by atoms with E-state index in [9.17, 15) is 0 Å². The second-order valence-electron chi connectivity index (χ2n) is 7.47. The zero-order valence-electron chi connectivity index (χ0n) is 16.5. The molecule has 2 heterocycles. The van der Waals surface area contributed by atoms with Crippen LogP contribution in [0, 0.1) is 5.92 Å². The van der Waals surface area contributed by atoms with Crippen LogP contribution in [-0.2, 0) is 0 Å². The standard InChI is InChI=1S/C21H32N6/c1-27(2)15-14-24-21-25-19(18-6-4-3-5-7-18)16-20(26-21)23-13-10-17-8-11-22-12-9-17/h3-7,16-17,22H,8-15H2,1-2H3,(H2,23,24,25,26). The SMILES string of the molecule is CN(C)CCNc1nc(NCCC2CCNCC2)cc(-c2ccccc2)n1. The number of nitrogens with one attached hydrogen (secondary N) is 3. The minimum absolute atomic E-state index is 0.683. The van der Waals surface area contributed by atoms with E-state index in [0.29, 0.717) is 5.95 Å². The maximum absolute atomic E-state index is 4.71. The number of benzene rings is 1. The van der Waals surface area contributed by atoms with Crippen molar-refractivity contribution >= 4 is 11.8 Å². The molecular formula is C21H32N6. The molecule has 1 aliphatic rings. The first kappa shape index (κ1) is 19.6. The molecule has 1 fully saturated rings. The van der Waals surface area contributed by atoms with Crippen LogP contribution in [0.1, 0.15) is 19.3 Å². The maximum Gasteiger partial charge on any atom is 0.225 e. The highest BCUT2D eigenvalue weighted by molar-refractivity contribution is 5.64. The third kappa shape index (κ3) is 6.48. The number of likely N-dealkylation sites (N-methyl/N-ethyl adjacent to an activating group) is 1. The Hall–Kier alpha value is -2.18. The van der Waals surface area contributed by atoms with Gasteiger partial charge in [-0.1, -0.05) is 30.3 Å². The van der Waals surface area contributed by atoms with Crippen molar-refractivity contribution < 1.29 is 0 Å². The van der Waals surface area contributed by atoms with Crippen molar-refractivity contribution in [2.45, 2.75) is 19.3 Å². The fraction of sp³-hybridized carbons (Fsp3) is 0.524. The highest BCUT2D eigenvalue weighted by atomic mass is 15.2. The Morgan fingerprint density at radius 3 is 2.56 bits per heavy atom. The predicted molar refractivity (Wildman–Crippen MR) is 113 cm³/mol. The monoisotopic (exact) mass is 368 g/mol. The van der Waals surface area contributed by atoms with E-state index in [1.54, 1.807) is 0 Å². The molecule has 0 aliphatic carbocycles. The topological polar surface area (TPSA) is 65.1 Å². The van der Waals surface area contributed by atoms with E-state index >= 15 is 0 Å². The molecule has 2 aromatic rings. The van der Waals surface area contributed by atoms with Gasteiger partial charge in [-0.2, -0.15) is 4.98 Å². The van der Waals surface area contributed by atoms with Gasteiger partial charge in [-0.05, 0) is 52.4 Å². The fourth-order valence-electron chi connectivity index (χ4n) is 3.34. The third-order valence-corrected chi connectivity index (χ3v) is 4.96. The second kappa shape index (κ2) is 10.2. The molecule has 1 aliphatic heterocycles. The highest BCUT2D eigenvalue weighted by Gasteiger charge is 2.13. The fourth-order valence-corrected chi connectivity index (χ4v) is 3.34. The van der Waals surface area contributed by atoms with Crippen LogP contribution in [0.15, 0.2) is 36.4 Å². The summed E-state index contributed by atoms with van der Waals surface area (Å²) in [6.45, 7) is 5.01. The summed E-state index contributed by atoms with van der Waals surface area (Å²) in [6, 6.07) is 12.3. The van der Waals surface area contributed by atoms with Crippen molar-refractivity contribution in [1.29, 1.82) is 0 Å². The largest absolute Gasteiger partial charge is 0.370 e. The van der Waals surface area contributed by atoms with Gasteiger partial charge in [0.05, 0.1) is 5.69 Å². The van der Waals surface area contributed by atoms with Crippen LogP contribution in [0.5, 0.6) is 0 Å². The lowest BCUT2D eigenvalue weighted by Crippen LogP contribution is -2.28. The van der Waals surface area contributed by atoms with E-state index in [1.165, 1.54) is 19.3 Å². The Bertz CT molecular complexity index is 682. The lowest BCUT2D eigenvalue weighted by molar-refractivity contribution is 0.361. The van der Waals surface area contributed by atoms with Gasteiger partial charge in [-0.3, -0.25) is 0 Å². The number of rotatable bonds is 9. The van der Waals surface area contributed by atoms with Crippen LogP contribution in [-0.4, -0.2) is 61.7 Å². The highest BCUT2D eigenvalue weighted by Crippen LogP contribution is 2.22. The van der Waals surface area contributed by atoms with Crippen LogP contribution < -0.4 is 16.0 Å². The van der Waals surface area contributed by atoms with Gasteiger partial charge < -0.3 is 20.9 Å². The van der Waals surface area contributed by atoms with E-state index in [0.717, 1.165) is 55.7 Å². The summed E-state index contributed by atoms with van der Waals surface area (Å²) in [7, 11) is 4.13. The van der Waals surface area contributed by atoms with Gasteiger partial charge in [0.15, 0.2) is 0 Å². The van der Waals surface area contributed by atoms with Gasteiger partial charge in [-0.15, -0.1) is 0 Å². The Morgan fingerprint density at radius 1 is 1.04 bits per heavy atom. The molecule has 6 heteroatoms. The van der Waals surface area contributed by atoms with E-state index in [1.807, 2.05) is 18.2 Å². The van der Waals surface area contributed by atoms with Crippen molar-refractivity contribution in [1.82, 2.24) is 20.2 Å². The summed E-state index contributed by atoms with van der Waals surface area (Å²) < 4.78 is 0. The molecule has 146 valence electrons. The second-order valence-corrected chi connectivity index (χ2v) is 7.47. The summed E-state index contributed by atoms with van der Waals surface area (Å²) >= 11 is 0. The third-order valence-electron chi connectivity index (χ3n) is 4.96. The molecule has 0 saturated carbocycles. The Labute approximate surface area is 162 Å². The number of hydrogen-bond acceptors (Lipinski definition) is 6. The minimum Gasteiger partial charge on any atom is -0.370 e. The van der Waals surface area contributed by atoms with E-state index in [-0.39, 0.29) is 0 Å². The Morgan fingerprint density at radius 2 is 1.81 bits per heavy atom. The zero-order valence-corrected chi connectivity index (χ0v) is 16.5. The van der Waals surface area contributed by atoms with Crippen molar-refractivity contribution in [3.8, 4) is 11.3 Å². The summed E-state index contributed by atoms with van der Waals surface area (Å²) in [5, 5.41) is 10.3. The summed E-state index contributed by atoms with van der Waals surface area (Å²) in [5.41, 5.74) is 2.05. The number of nitrogens with zero attached hydrogens (tertiary/aromatic N) is 3. The Kier molecular flexibility index (Phi) is 7.42. The number of hydrogen-bond donors (Lipinski definition) is 3. The van der Waals surface area contributed by atoms with E-state index < -0.39 is 0 Å². The Balaban J connectivity index is 1.66. The molecule has 3 N–H and O–H groups in total. The molecule has 0 spiro atoms. The molecule has 27 heavy (non-hydrogen) atoms. The van der Waals surface area contributed by atoms with E-state index in [4.69, 9.17) is 4.98 Å². The molecule has 3 rings (SSSR count). The van der Waals surface area contributed by atoms with Crippen LogP contribution in [0.25, 0.3) is 11.3 Å². The smallest absolute Gasteiger partial charge is 0.225 e.